The van der Waals surface area contributed by atoms with Crippen LogP contribution < -0.4 is 15.4 Å². The maximum absolute atomic E-state index is 12.8. The number of hydrogen-bond acceptors (Lipinski definition) is 5. The Hall–Kier alpha value is -3.16. The molecule has 7 nitrogen and oxygen atoms in total. The van der Waals surface area contributed by atoms with Crippen LogP contribution in [0, 0.1) is 0 Å². The van der Waals surface area contributed by atoms with Gasteiger partial charge in [0.2, 0.25) is 0 Å². The van der Waals surface area contributed by atoms with Gasteiger partial charge in [-0.25, -0.2) is 0 Å². The number of morpholine rings is 1. The third-order valence-corrected chi connectivity index (χ3v) is 4.95. The van der Waals surface area contributed by atoms with E-state index in [1.807, 2.05) is 48.5 Å². The van der Waals surface area contributed by atoms with Gasteiger partial charge in [0.1, 0.15) is 11.4 Å². The fraction of sp³-hybridized carbons (Fsp3) is 0.273. The minimum atomic E-state index is -0.211. The molecule has 1 aliphatic rings. The molecule has 1 fully saturated rings. The van der Waals surface area contributed by atoms with Crippen molar-refractivity contribution in [1.29, 1.82) is 0 Å². The van der Waals surface area contributed by atoms with E-state index in [0.717, 1.165) is 35.7 Å². The summed E-state index contributed by atoms with van der Waals surface area (Å²) in [4.78, 5) is 12.8. The molecule has 1 saturated heterocycles. The summed E-state index contributed by atoms with van der Waals surface area (Å²) >= 11 is 0. The van der Waals surface area contributed by atoms with Crippen molar-refractivity contribution in [2.75, 3.05) is 32.1 Å². The molecule has 7 heteroatoms. The SMILES string of the molecule is COc1cccc(-c2cc(C(=O)Nc3ccc([C@H]4CNCCO4)cc3)n(C)n2)c1. The number of amides is 1. The molecular formula is C22H24N4O3. The number of benzene rings is 2. The van der Waals surface area contributed by atoms with E-state index in [4.69, 9.17) is 9.47 Å². The number of nitrogens with one attached hydrogen (secondary N) is 2. The van der Waals surface area contributed by atoms with Crippen molar-refractivity contribution >= 4 is 11.6 Å². The molecule has 4 rings (SSSR count). The number of nitrogens with zero attached hydrogens (tertiary/aromatic N) is 2. The first-order chi connectivity index (χ1) is 14.1. The number of rotatable bonds is 5. The maximum Gasteiger partial charge on any atom is 0.273 e. The Labute approximate surface area is 169 Å². The van der Waals surface area contributed by atoms with E-state index in [2.05, 4.69) is 15.7 Å². The molecule has 0 bridgehead atoms. The van der Waals surface area contributed by atoms with Crippen LogP contribution in [-0.4, -0.2) is 42.5 Å². The number of anilines is 1. The second kappa shape index (κ2) is 8.46. The predicted octanol–water partition coefficient (Wildman–Crippen LogP) is 3.01. The molecule has 1 aromatic heterocycles. The molecule has 2 N–H and O–H groups in total. The molecule has 1 aliphatic heterocycles. The highest BCUT2D eigenvalue weighted by molar-refractivity contribution is 6.03. The predicted molar refractivity (Wildman–Crippen MR) is 111 cm³/mol. The van der Waals surface area contributed by atoms with Gasteiger partial charge in [-0.15, -0.1) is 0 Å². The zero-order valence-corrected chi connectivity index (χ0v) is 16.5. The Balaban J connectivity index is 1.47. The third-order valence-electron chi connectivity index (χ3n) is 4.95. The molecular weight excluding hydrogens is 368 g/mol. The maximum atomic E-state index is 12.8. The third kappa shape index (κ3) is 4.31. The molecule has 1 amide bonds. The van der Waals surface area contributed by atoms with Crippen molar-refractivity contribution in [2.45, 2.75) is 6.10 Å². The molecule has 0 saturated carbocycles. The first kappa shape index (κ1) is 19.2. The molecule has 2 aromatic carbocycles. The van der Waals surface area contributed by atoms with Crippen molar-refractivity contribution < 1.29 is 14.3 Å². The highest BCUT2D eigenvalue weighted by Crippen LogP contribution is 2.24. The lowest BCUT2D eigenvalue weighted by atomic mass is 10.1. The molecule has 1 atom stereocenters. The largest absolute Gasteiger partial charge is 0.497 e. The molecule has 2 heterocycles. The summed E-state index contributed by atoms with van der Waals surface area (Å²) in [6.45, 7) is 2.39. The zero-order valence-electron chi connectivity index (χ0n) is 16.5. The van der Waals surface area contributed by atoms with Gasteiger partial charge in [0, 0.05) is 31.4 Å². The summed E-state index contributed by atoms with van der Waals surface area (Å²) < 4.78 is 12.6. The highest BCUT2D eigenvalue weighted by Gasteiger charge is 2.17. The standard InChI is InChI=1S/C22H24N4O3/c1-26-20(13-19(25-26)16-4-3-5-18(12-16)28-2)22(27)24-17-8-6-15(7-9-17)21-14-23-10-11-29-21/h3-9,12-13,21,23H,10-11,14H2,1-2H3,(H,24,27)/t21-/m1/s1. The van der Waals surface area contributed by atoms with Gasteiger partial charge in [-0.05, 0) is 35.9 Å². The Morgan fingerprint density at radius 3 is 2.79 bits per heavy atom. The number of carbonyl (C=O) groups is 1. The molecule has 0 unspecified atom stereocenters. The second-order valence-corrected chi connectivity index (χ2v) is 6.91. The molecule has 150 valence electrons. The van der Waals surface area contributed by atoms with Gasteiger partial charge >= 0.3 is 0 Å². The number of aryl methyl sites for hydroxylation is 1. The number of methoxy groups -OCH3 is 1. The minimum Gasteiger partial charge on any atom is -0.497 e. The molecule has 3 aromatic rings. The van der Waals surface area contributed by atoms with Crippen LogP contribution in [0.3, 0.4) is 0 Å². The second-order valence-electron chi connectivity index (χ2n) is 6.91. The quantitative estimate of drug-likeness (QED) is 0.698. The monoisotopic (exact) mass is 392 g/mol. The van der Waals surface area contributed by atoms with Crippen LogP contribution in [0.15, 0.2) is 54.6 Å². The van der Waals surface area contributed by atoms with Crippen LogP contribution in [0.5, 0.6) is 5.75 Å². The summed E-state index contributed by atoms with van der Waals surface area (Å²) in [5.74, 6) is 0.536. The van der Waals surface area contributed by atoms with Gasteiger partial charge in [0.05, 0.1) is 25.5 Å². The van der Waals surface area contributed by atoms with Crippen LogP contribution in [0.2, 0.25) is 0 Å². The molecule has 29 heavy (non-hydrogen) atoms. The van der Waals surface area contributed by atoms with Crippen LogP contribution in [-0.2, 0) is 11.8 Å². The van der Waals surface area contributed by atoms with Crippen LogP contribution >= 0.6 is 0 Å². The van der Waals surface area contributed by atoms with Gasteiger partial charge in [0.25, 0.3) is 5.91 Å². The summed E-state index contributed by atoms with van der Waals surface area (Å²) in [5.41, 5.74) is 3.91. The van der Waals surface area contributed by atoms with Crippen LogP contribution in [0.25, 0.3) is 11.3 Å². The highest BCUT2D eigenvalue weighted by atomic mass is 16.5. The van der Waals surface area contributed by atoms with Crippen molar-refractivity contribution in [2.24, 2.45) is 7.05 Å². The molecule has 0 spiro atoms. The van der Waals surface area contributed by atoms with E-state index in [1.165, 1.54) is 0 Å². The lowest BCUT2D eigenvalue weighted by molar-refractivity contribution is 0.0277. The first-order valence-corrected chi connectivity index (χ1v) is 9.56. The van der Waals surface area contributed by atoms with Crippen molar-refractivity contribution in [3.05, 3.63) is 65.9 Å². The number of carbonyl (C=O) groups excluding carboxylic acids is 1. The van der Waals surface area contributed by atoms with Crippen molar-refractivity contribution in [3.8, 4) is 17.0 Å². The number of hydrogen-bond donors (Lipinski definition) is 2. The van der Waals surface area contributed by atoms with Crippen molar-refractivity contribution in [1.82, 2.24) is 15.1 Å². The Morgan fingerprint density at radius 1 is 1.24 bits per heavy atom. The summed E-state index contributed by atoms with van der Waals surface area (Å²) in [6, 6.07) is 17.1. The van der Waals surface area contributed by atoms with Gasteiger partial charge < -0.3 is 20.1 Å². The molecule has 0 radical (unpaired) electrons. The van der Waals surface area contributed by atoms with E-state index < -0.39 is 0 Å². The summed E-state index contributed by atoms with van der Waals surface area (Å²) in [7, 11) is 3.38. The molecule has 0 aliphatic carbocycles. The average Bonchev–Trinajstić information content (AvgIpc) is 3.17. The van der Waals surface area contributed by atoms with Gasteiger partial charge in [0.15, 0.2) is 0 Å². The smallest absolute Gasteiger partial charge is 0.273 e. The van der Waals surface area contributed by atoms with Gasteiger partial charge in [-0.2, -0.15) is 5.10 Å². The summed E-state index contributed by atoms with van der Waals surface area (Å²) in [5, 5.41) is 10.7. The Bertz CT molecular complexity index is 992. The number of ether oxygens (including phenoxy) is 2. The van der Waals surface area contributed by atoms with Gasteiger partial charge in [-0.3, -0.25) is 9.48 Å². The fourth-order valence-electron chi connectivity index (χ4n) is 3.36. The van der Waals surface area contributed by atoms with E-state index in [0.29, 0.717) is 18.0 Å². The minimum absolute atomic E-state index is 0.0518. The fourth-order valence-corrected chi connectivity index (χ4v) is 3.36. The normalized spacial score (nSPS) is 16.4. The summed E-state index contributed by atoms with van der Waals surface area (Å²) in [6.07, 6.45) is 0.0518. The van der Waals surface area contributed by atoms with E-state index in [9.17, 15) is 4.79 Å². The van der Waals surface area contributed by atoms with Gasteiger partial charge in [-0.1, -0.05) is 24.3 Å². The average molecular weight is 392 g/mol. The van der Waals surface area contributed by atoms with E-state index in [1.54, 1.807) is 24.9 Å². The Morgan fingerprint density at radius 2 is 2.07 bits per heavy atom. The van der Waals surface area contributed by atoms with E-state index >= 15 is 0 Å². The Kier molecular flexibility index (Phi) is 5.59. The van der Waals surface area contributed by atoms with Crippen LogP contribution in [0.1, 0.15) is 22.2 Å². The number of aromatic nitrogens is 2. The zero-order chi connectivity index (χ0) is 20.2. The van der Waals surface area contributed by atoms with Crippen LogP contribution in [0.4, 0.5) is 5.69 Å². The van der Waals surface area contributed by atoms with E-state index in [-0.39, 0.29) is 12.0 Å². The van der Waals surface area contributed by atoms with Crippen molar-refractivity contribution in [3.63, 3.8) is 0 Å². The first-order valence-electron chi connectivity index (χ1n) is 9.56. The lowest BCUT2D eigenvalue weighted by Gasteiger charge is -2.24. The topological polar surface area (TPSA) is 77.4 Å². The lowest BCUT2D eigenvalue weighted by Crippen LogP contribution is -2.33.